The molecule has 0 spiro atoms. The van der Waals surface area contributed by atoms with E-state index >= 15 is 0 Å². The molecule has 2 aromatic rings. The lowest BCUT2D eigenvalue weighted by Gasteiger charge is -2.11. The number of anilines is 1. The molecule has 1 aliphatic rings. The van der Waals surface area contributed by atoms with E-state index in [2.05, 4.69) is 10.2 Å². The van der Waals surface area contributed by atoms with Crippen LogP contribution in [0.15, 0.2) is 18.2 Å². The summed E-state index contributed by atoms with van der Waals surface area (Å²) in [7, 11) is 0. The minimum absolute atomic E-state index is 0.210. The number of aromatic nitrogens is 2. The highest BCUT2D eigenvalue weighted by atomic mass is 35.5. The van der Waals surface area contributed by atoms with Crippen molar-refractivity contribution < 1.29 is 14.3 Å². The normalized spacial score (nSPS) is 13.7. The molecule has 0 atom stereocenters. The Balaban J connectivity index is 1.92. The van der Waals surface area contributed by atoms with E-state index in [4.69, 9.17) is 38.4 Å². The van der Waals surface area contributed by atoms with Gasteiger partial charge in [0.15, 0.2) is 5.75 Å². The number of ether oxygens (including phenoxy) is 2. The summed E-state index contributed by atoms with van der Waals surface area (Å²) in [6, 6.07) is 4.75. The number of nitrogen functional groups attached to an aromatic ring is 1. The summed E-state index contributed by atoms with van der Waals surface area (Å²) in [5.74, 6) is 0.524. The van der Waals surface area contributed by atoms with E-state index in [-0.39, 0.29) is 27.6 Å². The molecule has 8 heteroatoms. The van der Waals surface area contributed by atoms with Crippen molar-refractivity contribution in [3.63, 3.8) is 0 Å². The van der Waals surface area contributed by atoms with Gasteiger partial charge in [0.25, 0.3) is 0 Å². The van der Waals surface area contributed by atoms with E-state index in [0.29, 0.717) is 11.6 Å². The van der Waals surface area contributed by atoms with Gasteiger partial charge in [0.2, 0.25) is 11.8 Å². The molecule has 0 saturated heterocycles. The summed E-state index contributed by atoms with van der Waals surface area (Å²) in [5.41, 5.74) is 6.88. The fraction of sp³-hybridized carbons (Fsp3) is 0.267. The molecule has 3 rings (SSSR count). The fourth-order valence-corrected chi connectivity index (χ4v) is 2.69. The molecule has 0 amide bonds. The van der Waals surface area contributed by atoms with Crippen molar-refractivity contribution in [1.29, 1.82) is 0 Å². The lowest BCUT2D eigenvalue weighted by atomic mass is 10.2. The van der Waals surface area contributed by atoms with Gasteiger partial charge < -0.3 is 15.2 Å². The molecule has 1 aromatic heterocycles. The quantitative estimate of drug-likeness (QED) is 0.661. The summed E-state index contributed by atoms with van der Waals surface area (Å²) in [6.45, 7) is 1.32. The number of hydrogen-bond donors (Lipinski definition) is 1. The van der Waals surface area contributed by atoms with Crippen LogP contribution in [0, 0.1) is 0 Å². The number of halogens is 2. The van der Waals surface area contributed by atoms with Gasteiger partial charge in [-0.3, -0.25) is 4.79 Å². The highest BCUT2D eigenvalue weighted by Gasteiger charge is 2.29. The summed E-state index contributed by atoms with van der Waals surface area (Å²) >= 11 is 12.2. The van der Waals surface area contributed by atoms with Crippen LogP contribution < -0.4 is 15.2 Å². The van der Waals surface area contributed by atoms with Crippen LogP contribution in [0.4, 0.5) is 5.69 Å². The number of nitrogens with zero attached hydrogens (tertiary/aromatic N) is 2. The van der Waals surface area contributed by atoms with Crippen molar-refractivity contribution >= 4 is 34.9 Å². The lowest BCUT2D eigenvalue weighted by Crippen LogP contribution is -2.07. The third-order valence-electron chi connectivity index (χ3n) is 3.25. The first-order valence-corrected chi connectivity index (χ1v) is 7.68. The predicted molar refractivity (Wildman–Crippen MR) is 86.3 cm³/mol. The Morgan fingerprint density at radius 2 is 1.87 bits per heavy atom. The van der Waals surface area contributed by atoms with Gasteiger partial charge in [0.1, 0.15) is 0 Å². The second-order valence-electron chi connectivity index (χ2n) is 5.23. The zero-order valence-electron chi connectivity index (χ0n) is 12.2. The van der Waals surface area contributed by atoms with Crippen LogP contribution in [0.25, 0.3) is 0 Å². The van der Waals surface area contributed by atoms with Crippen LogP contribution in [0.3, 0.4) is 0 Å². The molecule has 1 fully saturated rings. The minimum Gasteiger partial charge on any atom is -0.434 e. The monoisotopic (exact) mass is 353 g/mol. The molecule has 6 nitrogen and oxygen atoms in total. The third-order valence-corrected chi connectivity index (χ3v) is 3.81. The van der Waals surface area contributed by atoms with E-state index in [9.17, 15) is 4.79 Å². The molecule has 1 aromatic carbocycles. The van der Waals surface area contributed by atoms with E-state index < -0.39 is 5.97 Å². The smallest absolute Gasteiger partial charge is 0.309 e. The zero-order chi connectivity index (χ0) is 16.6. The van der Waals surface area contributed by atoms with Crippen LogP contribution in [0.5, 0.6) is 17.5 Å². The van der Waals surface area contributed by atoms with Crippen molar-refractivity contribution in [2.24, 2.45) is 0 Å². The first-order chi connectivity index (χ1) is 10.9. The number of carbonyl (C=O) groups is 1. The standard InChI is InChI=1S/C15H13Cl2N3O3/c1-7(21)22-15-10(8-2-3-8)6-13(19-20-15)23-14-11(16)4-9(18)5-12(14)17/h4-6,8H,2-3,18H2,1H3. The average molecular weight is 354 g/mol. The third kappa shape index (κ3) is 3.65. The molecule has 120 valence electrons. The Morgan fingerprint density at radius 1 is 1.22 bits per heavy atom. The second-order valence-corrected chi connectivity index (χ2v) is 6.04. The molecule has 23 heavy (non-hydrogen) atoms. The maximum absolute atomic E-state index is 11.1. The number of carbonyl (C=O) groups excluding carboxylic acids is 1. The van der Waals surface area contributed by atoms with Crippen LogP contribution in [-0.2, 0) is 4.79 Å². The van der Waals surface area contributed by atoms with Crippen molar-refractivity contribution in [2.45, 2.75) is 25.7 Å². The number of nitrogens with two attached hydrogens (primary N) is 1. The van der Waals surface area contributed by atoms with E-state index in [1.54, 1.807) is 6.07 Å². The number of hydrogen-bond acceptors (Lipinski definition) is 6. The van der Waals surface area contributed by atoms with E-state index in [1.165, 1.54) is 19.1 Å². The largest absolute Gasteiger partial charge is 0.434 e. The number of rotatable bonds is 4. The fourth-order valence-electron chi connectivity index (χ4n) is 2.11. The summed E-state index contributed by atoms with van der Waals surface area (Å²) in [5, 5.41) is 8.37. The van der Waals surface area contributed by atoms with E-state index in [0.717, 1.165) is 18.4 Å². The Bertz CT molecular complexity index is 756. The zero-order valence-corrected chi connectivity index (χ0v) is 13.7. The number of esters is 1. The minimum atomic E-state index is -0.445. The van der Waals surface area contributed by atoms with Gasteiger partial charge in [-0.2, -0.15) is 0 Å². The molecule has 0 radical (unpaired) electrons. The van der Waals surface area contributed by atoms with Gasteiger partial charge in [-0.05, 0) is 30.9 Å². The van der Waals surface area contributed by atoms with Crippen molar-refractivity contribution in [1.82, 2.24) is 10.2 Å². The lowest BCUT2D eigenvalue weighted by molar-refractivity contribution is -0.132. The van der Waals surface area contributed by atoms with Gasteiger partial charge in [-0.15, -0.1) is 10.2 Å². The highest BCUT2D eigenvalue weighted by Crippen LogP contribution is 2.45. The van der Waals surface area contributed by atoms with Crippen LogP contribution in [0.1, 0.15) is 31.2 Å². The van der Waals surface area contributed by atoms with Crippen LogP contribution in [-0.4, -0.2) is 16.2 Å². The number of benzene rings is 1. The van der Waals surface area contributed by atoms with Gasteiger partial charge in [0.05, 0.1) is 10.0 Å². The molecule has 0 aliphatic heterocycles. The Morgan fingerprint density at radius 3 is 2.43 bits per heavy atom. The van der Waals surface area contributed by atoms with Gasteiger partial charge in [-0.25, -0.2) is 0 Å². The summed E-state index contributed by atoms with van der Waals surface area (Å²) < 4.78 is 10.7. The molecular formula is C15H13Cl2N3O3. The predicted octanol–water partition coefficient (Wildman–Crippen LogP) is 3.96. The second kappa shape index (κ2) is 6.22. The average Bonchev–Trinajstić information content (AvgIpc) is 3.28. The maximum Gasteiger partial charge on any atom is 0.309 e. The first-order valence-electron chi connectivity index (χ1n) is 6.92. The molecule has 1 aliphatic carbocycles. The van der Waals surface area contributed by atoms with E-state index in [1.807, 2.05) is 0 Å². The summed E-state index contributed by atoms with van der Waals surface area (Å²) in [4.78, 5) is 11.1. The van der Waals surface area contributed by atoms with Gasteiger partial charge in [-0.1, -0.05) is 23.2 Å². The van der Waals surface area contributed by atoms with Crippen LogP contribution in [0.2, 0.25) is 10.0 Å². The Kier molecular flexibility index (Phi) is 4.28. The topological polar surface area (TPSA) is 87.3 Å². The molecule has 0 bridgehead atoms. The Labute approximate surface area is 142 Å². The molecule has 0 unspecified atom stereocenters. The van der Waals surface area contributed by atoms with Crippen molar-refractivity contribution in [3.05, 3.63) is 33.8 Å². The van der Waals surface area contributed by atoms with Gasteiger partial charge >= 0.3 is 5.97 Å². The maximum atomic E-state index is 11.1. The van der Waals surface area contributed by atoms with Crippen molar-refractivity contribution in [2.75, 3.05) is 5.73 Å². The Hall–Kier alpha value is -2.05. The first kappa shape index (κ1) is 15.8. The highest BCUT2D eigenvalue weighted by molar-refractivity contribution is 6.37. The molecule has 2 N–H and O–H groups in total. The van der Waals surface area contributed by atoms with Gasteiger partial charge in [0, 0.05) is 24.2 Å². The van der Waals surface area contributed by atoms with Crippen molar-refractivity contribution in [3.8, 4) is 17.5 Å². The summed E-state index contributed by atoms with van der Waals surface area (Å²) in [6.07, 6.45) is 2.01. The SMILES string of the molecule is CC(=O)Oc1nnc(Oc2c(Cl)cc(N)cc2Cl)cc1C1CC1. The molecule has 1 heterocycles. The molecule has 1 saturated carbocycles. The molecular weight excluding hydrogens is 341 g/mol. The van der Waals surface area contributed by atoms with Crippen LogP contribution >= 0.6 is 23.2 Å².